The van der Waals surface area contributed by atoms with Gasteiger partial charge in [-0.3, -0.25) is 0 Å². The summed E-state index contributed by atoms with van der Waals surface area (Å²) in [6.07, 6.45) is 9.91. The number of imidazole rings is 1. The molecule has 0 saturated heterocycles. The van der Waals surface area contributed by atoms with Crippen molar-refractivity contribution in [2.75, 3.05) is 7.11 Å². The van der Waals surface area contributed by atoms with E-state index >= 15 is 0 Å². The first kappa shape index (κ1) is 17.7. The van der Waals surface area contributed by atoms with Gasteiger partial charge in [-0.25, -0.2) is 14.5 Å². The Kier molecular flexibility index (Phi) is 4.42. The maximum absolute atomic E-state index is 6.16. The Balaban J connectivity index is 1.46. The highest BCUT2D eigenvalue weighted by atomic mass is 16.5. The highest BCUT2D eigenvalue weighted by Crippen LogP contribution is 2.33. The number of hydrogen-bond donors (Lipinski definition) is 0. The number of aromatic nitrogens is 4. The molecule has 1 aliphatic rings. The van der Waals surface area contributed by atoms with Gasteiger partial charge in [0.2, 0.25) is 11.8 Å². The quantitative estimate of drug-likeness (QED) is 0.461. The molecule has 4 aromatic heterocycles. The van der Waals surface area contributed by atoms with E-state index in [4.69, 9.17) is 13.9 Å². The Morgan fingerprint density at radius 1 is 1.17 bits per heavy atom. The Morgan fingerprint density at radius 2 is 2.03 bits per heavy atom. The van der Waals surface area contributed by atoms with Gasteiger partial charge < -0.3 is 13.9 Å². The molecule has 0 unspecified atom stereocenters. The van der Waals surface area contributed by atoms with E-state index in [2.05, 4.69) is 27.7 Å². The van der Waals surface area contributed by atoms with E-state index in [1.54, 1.807) is 24.0 Å². The molecular weight excluding hydrogens is 368 g/mol. The highest BCUT2D eigenvalue weighted by Gasteiger charge is 2.21. The topological polar surface area (TPSA) is 74.7 Å². The molecule has 148 valence electrons. The van der Waals surface area contributed by atoms with E-state index < -0.39 is 0 Å². The summed E-state index contributed by atoms with van der Waals surface area (Å²) in [6, 6.07) is 7.49. The van der Waals surface area contributed by atoms with E-state index in [0.29, 0.717) is 29.0 Å². The van der Waals surface area contributed by atoms with E-state index in [1.807, 2.05) is 24.3 Å². The standard InChI is InChI=1S/C22H22N4O3/c1-3-14-4-6-15(7-5-14)28-21-9-8-20-24-13-17(26(20)25-21)19-12-16-18(29-19)10-11-23-22(16)27-2/h3,8-15H,1,4-7H2,2H3. The SMILES string of the molecule is C=CC1CCC(Oc2ccc3ncc(-c4cc5c(OC)nccc5o4)n3n2)CC1. The largest absolute Gasteiger partial charge is 0.480 e. The van der Waals surface area contributed by atoms with Gasteiger partial charge in [-0.05, 0) is 43.7 Å². The molecule has 0 spiro atoms. The zero-order chi connectivity index (χ0) is 19.8. The van der Waals surface area contributed by atoms with Crippen LogP contribution in [0.3, 0.4) is 0 Å². The van der Waals surface area contributed by atoms with Crippen molar-refractivity contribution in [2.24, 2.45) is 5.92 Å². The molecule has 0 bridgehead atoms. The van der Waals surface area contributed by atoms with Crippen LogP contribution in [-0.4, -0.2) is 32.8 Å². The van der Waals surface area contributed by atoms with Gasteiger partial charge in [0.1, 0.15) is 17.4 Å². The molecule has 4 aromatic rings. The molecule has 0 N–H and O–H groups in total. The Labute approximate surface area is 168 Å². The fourth-order valence-electron chi connectivity index (χ4n) is 3.93. The van der Waals surface area contributed by atoms with Gasteiger partial charge in [0.25, 0.3) is 0 Å². The van der Waals surface area contributed by atoms with Crippen molar-refractivity contribution in [1.29, 1.82) is 0 Å². The Hall–Kier alpha value is -3.35. The molecule has 0 aliphatic heterocycles. The predicted molar refractivity (Wildman–Crippen MR) is 109 cm³/mol. The summed E-state index contributed by atoms with van der Waals surface area (Å²) in [5, 5.41) is 5.47. The van der Waals surface area contributed by atoms with Crippen LogP contribution in [0, 0.1) is 5.92 Å². The Bertz CT molecular complexity index is 1170. The van der Waals surface area contributed by atoms with E-state index in [0.717, 1.165) is 42.4 Å². The molecule has 29 heavy (non-hydrogen) atoms. The third kappa shape index (κ3) is 3.22. The van der Waals surface area contributed by atoms with Crippen molar-refractivity contribution >= 4 is 16.6 Å². The smallest absolute Gasteiger partial charge is 0.232 e. The van der Waals surface area contributed by atoms with Crippen LogP contribution >= 0.6 is 0 Å². The van der Waals surface area contributed by atoms with Crippen molar-refractivity contribution in [3.8, 4) is 23.2 Å². The molecule has 0 aromatic carbocycles. The summed E-state index contributed by atoms with van der Waals surface area (Å²) < 4.78 is 19.2. The molecule has 0 radical (unpaired) electrons. The minimum atomic E-state index is 0.185. The second kappa shape index (κ2) is 7.24. The van der Waals surface area contributed by atoms with Crippen LogP contribution in [-0.2, 0) is 0 Å². The number of fused-ring (bicyclic) bond motifs is 2. The van der Waals surface area contributed by atoms with E-state index in [1.165, 1.54) is 0 Å². The molecule has 7 nitrogen and oxygen atoms in total. The number of rotatable bonds is 5. The molecule has 7 heteroatoms. The van der Waals surface area contributed by atoms with Gasteiger partial charge in [0.15, 0.2) is 11.4 Å². The maximum Gasteiger partial charge on any atom is 0.232 e. The molecule has 1 saturated carbocycles. The van der Waals surface area contributed by atoms with Crippen LogP contribution < -0.4 is 9.47 Å². The molecule has 0 amide bonds. The van der Waals surface area contributed by atoms with Crippen molar-refractivity contribution in [3.63, 3.8) is 0 Å². The lowest BCUT2D eigenvalue weighted by molar-refractivity contribution is 0.134. The lowest BCUT2D eigenvalue weighted by Gasteiger charge is -2.26. The van der Waals surface area contributed by atoms with Crippen LogP contribution in [0.4, 0.5) is 0 Å². The predicted octanol–water partition coefficient (Wildman–Crippen LogP) is 4.67. The number of nitrogens with zero attached hydrogens (tertiary/aromatic N) is 4. The van der Waals surface area contributed by atoms with Crippen LogP contribution in [0.5, 0.6) is 11.8 Å². The van der Waals surface area contributed by atoms with Gasteiger partial charge in [0.05, 0.1) is 18.7 Å². The van der Waals surface area contributed by atoms with Gasteiger partial charge in [-0.2, -0.15) is 0 Å². The summed E-state index contributed by atoms with van der Waals surface area (Å²) in [5.74, 6) is 2.37. The fraction of sp³-hybridized carbons (Fsp3) is 0.318. The molecule has 1 fully saturated rings. The van der Waals surface area contributed by atoms with Gasteiger partial charge >= 0.3 is 0 Å². The average molecular weight is 390 g/mol. The van der Waals surface area contributed by atoms with Crippen LogP contribution in [0.15, 0.2) is 53.7 Å². The third-order valence-corrected chi connectivity index (χ3v) is 5.53. The molecule has 1 aliphatic carbocycles. The molecular formula is C22H22N4O3. The first-order valence-electron chi connectivity index (χ1n) is 9.82. The molecule has 4 heterocycles. The highest BCUT2D eigenvalue weighted by molar-refractivity contribution is 5.86. The number of methoxy groups -OCH3 is 1. The second-order valence-electron chi connectivity index (χ2n) is 7.32. The average Bonchev–Trinajstić information content (AvgIpc) is 3.37. The lowest BCUT2D eigenvalue weighted by Crippen LogP contribution is -2.24. The molecule has 5 rings (SSSR count). The van der Waals surface area contributed by atoms with Gasteiger partial charge in [0, 0.05) is 18.3 Å². The molecule has 0 atom stereocenters. The van der Waals surface area contributed by atoms with Gasteiger partial charge in [-0.15, -0.1) is 11.7 Å². The van der Waals surface area contributed by atoms with E-state index in [9.17, 15) is 0 Å². The normalized spacial score (nSPS) is 19.5. The number of pyridine rings is 1. The van der Waals surface area contributed by atoms with Crippen LogP contribution in [0.2, 0.25) is 0 Å². The summed E-state index contributed by atoms with van der Waals surface area (Å²) in [6.45, 7) is 3.90. The number of hydrogen-bond acceptors (Lipinski definition) is 6. The van der Waals surface area contributed by atoms with Crippen LogP contribution in [0.25, 0.3) is 28.1 Å². The zero-order valence-corrected chi connectivity index (χ0v) is 16.2. The third-order valence-electron chi connectivity index (χ3n) is 5.53. The summed E-state index contributed by atoms with van der Waals surface area (Å²) in [4.78, 5) is 8.67. The van der Waals surface area contributed by atoms with Crippen molar-refractivity contribution < 1.29 is 13.9 Å². The van der Waals surface area contributed by atoms with E-state index in [-0.39, 0.29) is 6.10 Å². The lowest BCUT2D eigenvalue weighted by atomic mass is 9.87. The van der Waals surface area contributed by atoms with Crippen molar-refractivity contribution in [3.05, 3.63) is 49.3 Å². The zero-order valence-electron chi connectivity index (χ0n) is 16.2. The minimum Gasteiger partial charge on any atom is -0.480 e. The minimum absolute atomic E-state index is 0.185. The number of allylic oxidation sites excluding steroid dienone is 1. The van der Waals surface area contributed by atoms with Gasteiger partial charge in [-0.1, -0.05) is 6.08 Å². The first-order valence-corrected chi connectivity index (χ1v) is 9.82. The Morgan fingerprint density at radius 3 is 2.83 bits per heavy atom. The maximum atomic E-state index is 6.16. The fourth-order valence-corrected chi connectivity index (χ4v) is 3.93. The summed E-state index contributed by atoms with van der Waals surface area (Å²) in [5.41, 5.74) is 2.18. The summed E-state index contributed by atoms with van der Waals surface area (Å²) in [7, 11) is 1.59. The monoisotopic (exact) mass is 390 g/mol. The van der Waals surface area contributed by atoms with Crippen LogP contribution in [0.1, 0.15) is 25.7 Å². The number of furan rings is 1. The number of ether oxygens (including phenoxy) is 2. The van der Waals surface area contributed by atoms with Crippen molar-refractivity contribution in [1.82, 2.24) is 19.6 Å². The second-order valence-corrected chi connectivity index (χ2v) is 7.32. The summed E-state index contributed by atoms with van der Waals surface area (Å²) >= 11 is 0. The van der Waals surface area contributed by atoms with Crippen molar-refractivity contribution in [2.45, 2.75) is 31.8 Å². The first-order chi connectivity index (χ1) is 14.2.